The molecular formula is C15H19ClO3. The Kier molecular flexibility index (Phi) is 3.81. The average Bonchev–Trinajstić information content (AvgIpc) is 3.22. The van der Waals surface area contributed by atoms with Crippen LogP contribution in [0.2, 0.25) is 5.02 Å². The van der Waals surface area contributed by atoms with Gasteiger partial charge >= 0.3 is 0 Å². The first-order valence-electron chi connectivity index (χ1n) is 6.88. The van der Waals surface area contributed by atoms with Crippen LogP contribution in [-0.2, 0) is 19.8 Å². The molecule has 3 atom stereocenters. The van der Waals surface area contributed by atoms with Crippen LogP contribution < -0.4 is 0 Å². The van der Waals surface area contributed by atoms with E-state index >= 15 is 0 Å². The Morgan fingerprint density at radius 3 is 2.63 bits per heavy atom. The summed E-state index contributed by atoms with van der Waals surface area (Å²) in [6.07, 6.45) is 3.18. The summed E-state index contributed by atoms with van der Waals surface area (Å²) in [7, 11) is 0. The van der Waals surface area contributed by atoms with Crippen molar-refractivity contribution in [3.05, 3.63) is 34.9 Å². The standard InChI is InChI=1S/C15H19ClO3/c1-11(19-14-4-2-3-9-17-14)15(10-18-15)12-5-7-13(16)8-6-12/h5-8,11,14H,2-4,9-10H2,1H3/t11-,14?,15-/m1/s1. The van der Waals surface area contributed by atoms with Gasteiger partial charge < -0.3 is 14.2 Å². The van der Waals surface area contributed by atoms with Crippen LogP contribution in [0.3, 0.4) is 0 Å². The summed E-state index contributed by atoms with van der Waals surface area (Å²) < 4.78 is 17.4. The van der Waals surface area contributed by atoms with E-state index in [1.54, 1.807) is 0 Å². The highest BCUT2D eigenvalue weighted by molar-refractivity contribution is 6.30. The first-order valence-corrected chi connectivity index (χ1v) is 7.25. The molecule has 3 rings (SSSR count). The van der Waals surface area contributed by atoms with Gasteiger partial charge in [0.25, 0.3) is 0 Å². The Hall–Kier alpha value is -0.610. The van der Waals surface area contributed by atoms with Crippen molar-refractivity contribution in [2.45, 2.75) is 44.2 Å². The summed E-state index contributed by atoms with van der Waals surface area (Å²) in [5, 5.41) is 0.740. The van der Waals surface area contributed by atoms with Crippen LogP contribution in [0.4, 0.5) is 0 Å². The second-order valence-corrected chi connectivity index (χ2v) is 5.70. The van der Waals surface area contributed by atoms with Gasteiger partial charge in [0.1, 0.15) is 5.60 Å². The van der Waals surface area contributed by atoms with Gasteiger partial charge in [0, 0.05) is 11.6 Å². The SMILES string of the molecule is C[C@@H](OC1CCCCO1)[C@@]1(c2ccc(Cl)cc2)CO1. The summed E-state index contributed by atoms with van der Waals surface area (Å²) in [5.41, 5.74) is 0.811. The van der Waals surface area contributed by atoms with Crippen LogP contribution in [0.25, 0.3) is 0 Å². The second-order valence-electron chi connectivity index (χ2n) is 5.26. The van der Waals surface area contributed by atoms with Gasteiger partial charge in [-0.2, -0.15) is 0 Å². The highest BCUT2D eigenvalue weighted by Gasteiger charge is 2.52. The Balaban J connectivity index is 1.68. The van der Waals surface area contributed by atoms with Gasteiger partial charge in [0.15, 0.2) is 6.29 Å². The number of hydrogen-bond acceptors (Lipinski definition) is 3. The number of halogens is 1. The normalized spacial score (nSPS) is 32.0. The monoisotopic (exact) mass is 282 g/mol. The predicted octanol–water partition coefficient (Wildman–Crippen LogP) is 3.50. The topological polar surface area (TPSA) is 31.0 Å². The number of epoxide rings is 1. The molecule has 3 nitrogen and oxygen atoms in total. The maximum Gasteiger partial charge on any atom is 0.158 e. The largest absolute Gasteiger partial charge is 0.362 e. The van der Waals surface area contributed by atoms with Crippen molar-refractivity contribution in [2.75, 3.05) is 13.2 Å². The van der Waals surface area contributed by atoms with E-state index in [2.05, 4.69) is 6.92 Å². The van der Waals surface area contributed by atoms with Crippen molar-refractivity contribution in [3.8, 4) is 0 Å². The third-order valence-electron chi connectivity index (χ3n) is 3.94. The highest BCUT2D eigenvalue weighted by Crippen LogP contribution is 2.44. The molecule has 0 bridgehead atoms. The molecule has 1 aromatic carbocycles. The molecule has 19 heavy (non-hydrogen) atoms. The molecule has 0 spiro atoms. The van der Waals surface area contributed by atoms with E-state index < -0.39 is 0 Å². The molecule has 1 aromatic rings. The summed E-state index contributed by atoms with van der Waals surface area (Å²) in [6.45, 7) is 3.55. The van der Waals surface area contributed by atoms with Crippen LogP contribution in [-0.4, -0.2) is 25.6 Å². The quantitative estimate of drug-likeness (QED) is 0.792. The lowest BCUT2D eigenvalue weighted by atomic mass is 9.95. The lowest BCUT2D eigenvalue weighted by molar-refractivity contribution is -0.197. The van der Waals surface area contributed by atoms with Crippen LogP contribution in [0.1, 0.15) is 31.7 Å². The second kappa shape index (κ2) is 5.41. The lowest BCUT2D eigenvalue weighted by Crippen LogP contribution is -2.34. The van der Waals surface area contributed by atoms with Gasteiger partial charge in [-0.05, 0) is 43.9 Å². The van der Waals surface area contributed by atoms with E-state index in [9.17, 15) is 0 Å². The molecule has 0 N–H and O–H groups in total. The summed E-state index contributed by atoms with van der Waals surface area (Å²) >= 11 is 5.93. The minimum Gasteiger partial charge on any atom is -0.362 e. The van der Waals surface area contributed by atoms with E-state index in [1.807, 2.05) is 24.3 Å². The van der Waals surface area contributed by atoms with Gasteiger partial charge in [0.05, 0.1) is 12.7 Å². The van der Waals surface area contributed by atoms with Gasteiger partial charge in [-0.1, -0.05) is 23.7 Å². The molecule has 2 saturated heterocycles. The third kappa shape index (κ3) is 2.79. The molecule has 0 saturated carbocycles. The molecule has 0 radical (unpaired) electrons. The van der Waals surface area contributed by atoms with Crippen LogP contribution >= 0.6 is 11.6 Å². The van der Waals surface area contributed by atoms with E-state index in [-0.39, 0.29) is 18.0 Å². The van der Waals surface area contributed by atoms with Crippen molar-refractivity contribution in [3.63, 3.8) is 0 Å². The molecule has 1 unspecified atom stereocenters. The van der Waals surface area contributed by atoms with Crippen molar-refractivity contribution in [1.82, 2.24) is 0 Å². The lowest BCUT2D eigenvalue weighted by Gasteiger charge is -2.29. The Labute approximate surface area is 118 Å². The van der Waals surface area contributed by atoms with Crippen LogP contribution in [0.15, 0.2) is 24.3 Å². The zero-order valence-corrected chi connectivity index (χ0v) is 11.9. The van der Waals surface area contributed by atoms with Gasteiger partial charge in [-0.3, -0.25) is 0 Å². The first-order chi connectivity index (χ1) is 9.21. The number of benzene rings is 1. The molecule has 2 heterocycles. The van der Waals surface area contributed by atoms with E-state index in [1.165, 1.54) is 6.42 Å². The summed E-state index contributed by atoms with van der Waals surface area (Å²) in [4.78, 5) is 0. The van der Waals surface area contributed by atoms with Crippen molar-refractivity contribution in [1.29, 1.82) is 0 Å². The number of hydrogen-bond donors (Lipinski definition) is 0. The van der Waals surface area contributed by atoms with E-state index in [0.29, 0.717) is 6.61 Å². The van der Waals surface area contributed by atoms with E-state index in [0.717, 1.165) is 30.0 Å². The predicted molar refractivity (Wildman–Crippen MR) is 73.2 cm³/mol. The van der Waals surface area contributed by atoms with Crippen molar-refractivity contribution < 1.29 is 14.2 Å². The van der Waals surface area contributed by atoms with Gasteiger partial charge in [0.2, 0.25) is 0 Å². The molecule has 2 aliphatic heterocycles. The molecule has 0 aliphatic carbocycles. The molecule has 104 valence electrons. The maximum atomic E-state index is 6.02. The molecular weight excluding hydrogens is 264 g/mol. The Morgan fingerprint density at radius 2 is 2.05 bits per heavy atom. The fraction of sp³-hybridized carbons (Fsp3) is 0.600. The van der Waals surface area contributed by atoms with E-state index in [4.69, 9.17) is 25.8 Å². The first kappa shape index (κ1) is 13.4. The van der Waals surface area contributed by atoms with Crippen molar-refractivity contribution >= 4 is 11.6 Å². The number of ether oxygens (including phenoxy) is 3. The molecule has 2 fully saturated rings. The minimum atomic E-state index is -0.314. The molecule has 0 aromatic heterocycles. The average molecular weight is 283 g/mol. The number of rotatable bonds is 4. The fourth-order valence-corrected chi connectivity index (χ4v) is 2.73. The van der Waals surface area contributed by atoms with Gasteiger partial charge in [-0.25, -0.2) is 0 Å². The smallest absolute Gasteiger partial charge is 0.158 e. The maximum absolute atomic E-state index is 6.02. The minimum absolute atomic E-state index is 0.0169. The zero-order chi connectivity index (χ0) is 13.3. The molecule has 0 amide bonds. The Bertz CT molecular complexity index is 422. The van der Waals surface area contributed by atoms with Gasteiger partial charge in [-0.15, -0.1) is 0 Å². The molecule has 2 aliphatic rings. The summed E-state index contributed by atoms with van der Waals surface area (Å²) in [6, 6.07) is 7.81. The van der Waals surface area contributed by atoms with Crippen LogP contribution in [0.5, 0.6) is 0 Å². The highest BCUT2D eigenvalue weighted by atomic mass is 35.5. The molecule has 4 heteroatoms. The summed E-state index contributed by atoms with van der Waals surface area (Å²) in [5.74, 6) is 0. The van der Waals surface area contributed by atoms with Crippen LogP contribution in [0, 0.1) is 0 Å². The Morgan fingerprint density at radius 1 is 1.32 bits per heavy atom. The van der Waals surface area contributed by atoms with Crippen molar-refractivity contribution in [2.24, 2.45) is 0 Å². The third-order valence-corrected chi connectivity index (χ3v) is 4.19. The zero-order valence-electron chi connectivity index (χ0n) is 11.1. The fourth-order valence-electron chi connectivity index (χ4n) is 2.60.